The van der Waals surface area contributed by atoms with Crippen molar-refractivity contribution in [3.05, 3.63) is 33.4 Å². The predicted octanol–water partition coefficient (Wildman–Crippen LogP) is 0.941. The van der Waals surface area contributed by atoms with Gasteiger partial charge < -0.3 is 0 Å². The van der Waals surface area contributed by atoms with Gasteiger partial charge in [-0.05, 0) is 58.2 Å². The second-order valence-corrected chi connectivity index (χ2v) is 5.17. The van der Waals surface area contributed by atoms with Crippen LogP contribution in [0.1, 0.15) is 10.4 Å². The molecule has 1 amide bonds. The average Bonchev–Trinajstić information content (AvgIpc) is 2.74. The Morgan fingerprint density at radius 1 is 1.47 bits per heavy atom. The van der Waals surface area contributed by atoms with Gasteiger partial charge in [0, 0.05) is 9.13 Å². The summed E-state index contributed by atoms with van der Waals surface area (Å²) in [5.74, 6) is -0.0599. The van der Waals surface area contributed by atoms with E-state index in [1.807, 2.05) is 6.07 Å². The van der Waals surface area contributed by atoms with Crippen LogP contribution in [0.15, 0.2) is 24.3 Å². The third-order valence-corrected chi connectivity index (χ3v) is 2.92. The normalized spacial score (nSPS) is 10.0. The molecule has 0 unspecified atom stereocenters. The summed E-state index contributed by atoms with van der Waals surface area (Å²) in [5, 5.41) is 16.6. The van der Waals surface area contributed by atoms with Crippen molar-refractivity contribution in [2.24, 2.45) is 7.05 Å². The van der Waals surface area contributed by atoms with Crippen molar-refractivity contribution in [1.82, 2.24) is 25.5 Å². The number of nitrogens with zero attached hydrogens (tertiary/aromatic N) is 4. The van der Waals surface area contributed by atoms with Crippen LogP contribution in [0.2, 0.25) is 0 Å². The largest absolute Gasteiger partial charge is 0.299 e. The van der Waals surface area contributed by atoms with E-state index in [1.165, 1.54) is 4.80 Å². The number of tetrazole rings is 1. The number of halogens is 1. The van der Waals surface area contributed by atoms with Gasteiger partial charge in [-0.15, -0.1) is 5.10 Å². The quantitative estimate of drug-likeness (QED) is 0.589. The van der Waals surface area contributed by atoms with E-state index in [-0.39, 0.29) is 17.0 Å². The lowest BCUT2D eigenvalue weighted by molar-refractivity contribution is 0.0977. The Kier molecular flexibility index (Phi) is 4.37. The lowest BCUT2D eigenvalue weighted by Crippen LogP contribution is -2.34. The SMILES string of the molecule is Cn1nnc(NC(=S)NC(=O)c2cccc(I)c2)n1. The molecule has 0 radical (unpaired) electrons. The van der Waals surface area contributed by atoms with Crippen LogP contribution in [-0.4, -0.2) is 31.2 Å². The highest BCUT2D eigenvalue weighted by Crippen LogP contribution is 2.07. The van der Waals surface area contributed by atoms with E-state index >= 15 is 0 Å². The minimum absolute atomic E-state index is 0.122. The van der Waals surface area contributed by atoms with E-state index in [4.69, 9.17) is 12.2 Å². The monoisotopic (exact) mass is 388 g/mol. The van der Waals surface area contributed by atoms with Gasteiger partial charge in [-0.25, -0.2) is 0 Å². The molecule has 2 rings (SSSR count). The molecule has 0 spiro atoms. The van der Waals surface area contributed by atoms with Crippen LogP contribution in [0.4, 0.5) is 5.95 Å². The van der Waals surface area contributed by atoms with Crippen LogP contribution in [0.5, 0.6) is 0 Å². The number of anilines is 1. The highest BCUT2D eigenvalue weighted by molar-refractivity contribution is 14.1. The zero-order chi connectivity index (χ0) is 13.8. The highest BCUT2D eigenvalue weighted by Gasteiger charge is 2.09. The molecule has 0 aliphatic rings. The summed E-state index contributed by atoms with van der Waals surface area (Å²) < 4.78 is 0.972. The van der Waals surface area contributed by atoms with Crippen molar-refractivity contribution in [2.75, 3.05) is 5.32 Å². The molecule has 0 saturated heterocycles. The Morgan fingerprint density at radius 2 is 2.26 bits per heavy atom. The van der Waals surface area contributed by atoms with E-state index in [0.717, 1.165) is 3.57 Å². The number of carbonyl (C=O) groups excluding carboxylic acids is 1. The molecule has 0 saturated carbocycles. The molecule has 0 fully saturated rings. The van der Waals surface area contributed by atoms with Crippen LogP contribution < -0.4 is 10.6 Å². The van der Waals surface area contributed by atoms with Crippen molar-refractivity contribution < 1.29 is 4.79 Å². The standard InChI is InChI=1S/C10H9IN6OS/c1-17-15-9(14-16-17)13-10(19)12-8(18)6-3-2-4-7(11)5-6/h2-5H,1H3,(H2,12,13,15,18,19). The first-order valence-electron chi connectivity index (χ1n) is 5.16. The zero-order valence-corrected chi connectivity index (χ0v) is 12.8. The van der Waals surface area contributed by atoms with Gasteiger partial charge in [0.2, 0.25) is 0 Å². The van der Waals surface area contributed by atoms with Gasteiger partial charge in [0.05, 0.1) is 7.05 Å². The molecule has 2 N–H and O–H groups in total. The van der Waals surface area contributed by atoms with Gasteiger partial charge in [0.25, 0.3) is 11.9 Å². The second-order valence-electron chi connectivity index (χ2n) is 3.52. The summed E-state index contributed by atoms with van der Waals surface area (Å²) in [6, 6.07) is 7.18. The fourth-order valence-corrected chi connectivity index (χ4v) is 2.00. The van der Waals surface area contributed by atoms with E-state index in [1.54, 1.807) is 25.2 Å². The van der Waals surface area contributed by atoms with E-state index < -0.39 is 0 Å². The van der Waals surface area contributed by atoms with Crippen LogP contribution in [-0.2, 0) is 7.05 Å². The molecule has 1 aromatic heterocycles. The van der Waals surface area contributed by atoms with E-state index in [2.05, 4.69) is 48.6 Å². The maximum absolute atomic E-state index is 11.9. The van der Waals surface area contributed by atoms with Crippen molar-refractivity contribution >= 4 is 51.8 Å². The minimum atomic E-state index is -0.292. The molecular weight excluding hydrogens is 379 g/mol. The number of nitrogens with one attached hydrogen (secondary N) is 2. The van der Waals surface area contributed by atoms with Crippen molar-refractivity contribution in [2.45, 2.75) is 0 Å². The average molecular weight is 388 g/mol. The Bertz CT molecular complexity index is 628. The maximum Gasteiger partial charge on any atom is 0.269 e. The van der Waals surface area contributed by atoms with Gasteiger partial charge >= 0.3 is 0 Å². The molecule has 98 valence electrons. The summed E-state index contributed by atoms with van der Waals surface area (Å²) in [4.78, 5) is 13.2. The number of amides is 1. The van der Waals surface area contributed by atoms with E-state index in [9.17, 15) is 4.79 Å². The van der Waals surface area contributed by atoms with Crippen molar-refractivity contribution in [3.8, 4) is 0 Å². The minimum Gasteiger partial charge on any atom is -0.299 e. The van der Waals surface area contributed by atoms with Gasteiger partial charge in [-0.3, -0.25) is 15.4 Å². The second kappa shape index (κ2) is 6.02. The van der Waals surface area contributed by atoms with Gasteiger partial charge in [-0.1, -0.05) is 11.2 Å². The van der Waals surface area contributed by atoms with Crippen molar-refractivity contribution in [3.63, 3.8) is 0 Å². The molecule has 0 aliphatic heterocycles. The van der Waals surface area contributed by atoms with Gasteiger partial charge in [0.15, 0.2) is 5.11 Å². The fraction of sp³-hybridized carbons (Fsp3) is 0.100. The summed E-state index contributed by atoms with van der Waals surface area (Å²) in [6.45, 7) is 0. The van der Waals surface area contributed by atoms with Gasteiger partial charge in [-0.2, -0.15) is 4.80 Å². The fourth-order valence-electron chi connectivity index (χ4n) is 1.27. The number of hydrogen-bond acceptors (Lipinski definition) is 5. The summed E-state index contributed by atoms with van der Waals surface area (Å²) in [5.41, 5.74) is 0.531. The first-order chi connectivity index (χ1) is 9.04. The number of thiocarbonyl (C=S) groups is 1. The Hall–Kier alpha value is -1.62. The lowest BCUT2D eigenvalue weighted by atomic mass is 10.2. The zero-order valence-electron chi connectivity index (χ0n) is 9.79. The van der Waals surface area contributed by atoms with Crippen LogP contribution in [0, 0.1) is 3.57 Å². The number of benzene rings is 1. The summed E-state index contributed by atoms with van der Waals surface area (Å²) >= 11 is 7.13. The smallest absolute Gasteiger partial charge is 0.269 e. The first kappa shape index (κ1) is 13.8. The third-order valence-electron chi connectivity index (χ3n) is 2.05. The van der Waals surface area contributed by atoms with Crippen LogP contribution in [0.25, 0.3) is 0 Å². The molecule has 9 heteroatoms. The summed E-state index contributed by atoms with van der Waals surface area (Å²) in [6.07, 6.45) is 0. The molecule has 0 bridgehead atoms. The number of rotatable bonds is 2. The molecular formula is C10H9IN6OS. The topological polar surface area (TPSA) is 84.7 Å². The molecule has 19 heavy (non-hydrogen) atoms. The van der Waals surface area contributed by atoms with Gasteiger partial charge in [0.1, 0.15) is 0 Å². The molecule has 1 aromatic carbocycles. The summed E-state index contributed by atoms with van der Waals surface area (Å²) in [7, 11) is 1.63. The van der Waals surface area contributed by atoms with Crippen LogP contribution in [0.3, 0.4) is 0 Å². The van der Waals surface area contributed by atoms with Crippen molar-refractivity contribution in [1.29, 1.82) is 0 Å². The molecule has 1 heterocycles. The molecule has 2 aromatic rings. The molecule has 7 nitrogen and oxygen atoms in total. The maximum atomic E-state index is 11.9. The number of carbonyl (C=O) groups is 1. The number of aryl methyl sites for hydroxylation is 1. The first-order valence-corrected chi connectivity index (χ1v) is 6.65. The Balaban J connectivity index is 1.97. The Morgan fingerprint density at radius 3 is 2.89 bits per heavy atom. The lowest BCUT2D eigenvalue weighted by Gasteiger charge is -2.06. The number of aromatic nitrogens is 4. The third kappa shape index (κ3) is 3.92. The van der Waals surface area contributed by atoms with Crippen LogP contribution >= 0.6 is 34.8 Å². The predicted molar refractivity (Wildman–Crippen MR) is 81.6 cm³/mol. The number of hydrogen-bond donors (Lipinski definition) is 2. The van der Waals surface area contributed by atoms with E-state index in [0.29, 0.717) is 5.56 Å². The molecule has 0 atom stereocenters. The Labute approximate surface area is 127 Å². The highest BCUT2D eigenvalue weighted by atomic mass is 127. The molecule has 0 aliphatic carbocycles.